The Hall–Kier alpha value is -8.06. The second-order valence-electron chi connectivity index (χ2n) is 18.0. The van der Waals surface area contributed by atoms with Crippen LogP contribution in [0.1, 0.15) is 18.4 Å². The number of hydrogen-bond donors (Lipinski definition) is 0. The third-order valence-electron chi connectivity index (χ3n) is 14.9. The van der Waals surface area contributed by atoms with Gasteiger partial charge in [-0.1, -0.05) is 194 Å². The molecule has 0 aliphatic heterocycles. The molecule has 0 radical (unpaired) electrons. The molecule has 14 aromatic rings. The molecule has 0 amide bonds. The lowest BCUT2D eigenvalue weighted by atomic mass is 9.77. The van der Waals surface area contributed by atoms with Crippen LogP contribution in [0, 0.1) is 0 Å². The van der Waals surface area contributed by atoms with E-state index in [9.17, 15) is 0 Å². The van der Waals surface area contributed by atoms with E-state index in [-0.39, 0.29) is 0 Å². The van der Waals surface area contributed by atoms with Gasteiger partial charge in [0.25, 0.3) is 0 Å². The van der Waals surface area contributed by atoms with Crippen LogP contribution in [0.15, 0.2) is 206 Å². The van der Waals surface area contributed by atoms with Gasteiger partial charge in [0.15, 0.2) is 0 Å². The summed E-state index contributed by atoms with van der Waals surface area (Å²) in [7, 11) is 0. The van der Waals surface area contributed by atoms with Crippen LogP contribution in [0.25, 0.3) is 147 Å². The Balaban J connectivity index is 1.36. The molecular formula is C64H38. The highest BCUT2D eigenvalue weighted by Gasteiger charge is 2.32. The summed E-state index contributed by atoms with van der Waals surface area (Å²) < 4.78 is 0. The van der Waals surface area contributed by atoms with Crippen LogP contribution in [0.5, 0.6) is 0 Å². The molecule has 0 heteroatoms. The fourth-order valence-electron chi connectivity index (χ4n) is 12.5. The zero-order chi connectivity index (χ0) is 41.6. The number of benzene rings is 12. The molecule has 0 nitrogen and oxygen atoms in total. The van der Waals surface area contributed by atoms with E-state index in [2.05, 4.69) is 206 Å². The lowest BCUT2D eigenvalue weighted by Gasteiger charge is -2.25. The van der Waals surface area contributed by atoms with Crippen molar-refractivity contribution < 1.29 is 0 Å². The van der Waals surface area contributed by atoms with Crippen LogP contribution in [0.4, 0.5) is 0 Å². The van der Waals surface area contributed by atoms with E-state index in [1.54, 1.807) is 0 Å². The first-order chi connectivity index (χ1) is 31.8. The number of allylic oxidation sites excluding steroid dienone is 4. The maximum atomic E-state index is 2.53. The third kappa shape index (κ3) is 4.42. The Bertz CT molecular complexity index is 4300. The van der Waals surface area contributed by atoms with E-state index in [4.69, 9.17) is 0 Å². The summed E-state index contributed by atoms with van der Waals surface area (Å²) in [5.74, 6) is 0. The molecule has 0 heterocycles. The molecule has 0 fully saturated rings. The minimum absolute atomic E-state index is 0.974. The summed E-state index contributed by atoms with van der Waals surface area (Å²) in [6, 6.07) is 71.5. The molecule has 294 valence electrons. The first kappa shape index (κ1) is 34.5. The second kappa shape index (κ2) is 12.8. The number of rotatable bonds is 4. The molecule has 0 aromatic heterocycles. The first-order valence-corrected chi connectivity index (χ1v) is 22.7. The van der Waals surface area contributed by atoms with Crippen LogP contribution in [0.3, 0.4) is 0 Å². The quantitative estimate of drug-likeness (QED) is 0.155. The van der Waals surface area contributed by atoms with Crippen LogP contribution in [0.2, 0.25) is 0 Å². The maximum absolute atomic E-state index is 2.53. The predicted molar refractivity (Wildman–Crippen MR) is 278 cm³/mol. The van der Waals surface area contributed by atoms with Crippen molar-refractivity contribution in [1.29, 1.82) is 0 Å². The first-order valence-electron chi connectivity index (χ1n) is 22.7. The van der Waals surface area contributed by atoms with Gasteiger partial charge < -0.3 is 0 Å². The predicted octanol–water partition coefficient (Wildman–Crippen LogP) is 18.3. The van der Waals surface area contributed by atoms with Crippen molar-refractivity contribution in [2.75, 3.05) is 0 Å². The molecule has 64 heavy (non-hydrogen) atoms. The van der Waals surface area contributed by atoms with E-state index in [1.165, 1.54) is 152 Å². The topological polar surface area (TPSA) is 0 Å². The highest BCUT2D eigenvalue weighted by molar-refractivity contribution is 6.49. The van der Waals surface area contributed by atoms with Crippen molar-refractivity contribution in [3.8, 4) is 33.4 Å². The average molecular weight is 807 g/mol. The molecular weight excluding hydrogens is 769 g/mol. The van der Waals surface area contributed by atoms with Gasteiger partial charge in [-0.05, 0) is 177 Å². The molecule has 0 atom stereocenters. The number of fused-ring (bicyclic) bond motifs is 9. The summed E-state index contributed by atoms with van der Waals surface area (Å²) in [5, 5.41) is 26.7. The highest BCUT2D eigenvalue weighted by Crippen LogP contribution is 2.60. The summed E-state index contributed by atoms with van der Waals surface area (Å²) in [6.45, 7) is 0. The minimum Gasteiger partial charge on any atom is -0.0842 e. The van der Waals surface area contributed by atoms with Gasteiger partial charge in [-0.3, -0.25) is 0 Å². The standard InChI is InChI=1S/C64H38/c1-5-17-37(18-6-1)53-59-47-30-16-29-46-45-28-14-13-25-43(45)35-49(57(46)47)61(59)55(39-21-9-3-10-22-39)64-54(38-19-7-2-8-20-38)60-48-34-33-42-32-31-41-26-15-27-44-36-50(58(48)52(42)51(41)44)62(60)56(63(53)64)40-23-11-4-12-24-40/h1-5,7-17,19-36H,6,18H2. The molecule has 0 N–H and O–H groups in total. The van der Waals surface area contributed by atoms with Crippen molar-refractivity contribution in [2.45, 2.75) is 12.8 Å². The molecule has 15 rings (SSSR count). The second-order valence-corrected chi connectivity index (χ2v) is 18.0. The van der Waals surface area contributed by atoms with Crippen LogP contribution in [-0.4, -0.2) is 0 Å². The number of hydrogen-bond acceptors (Lipinski definition) is 0. The van der Waals surface area contributed by atoms with Crippen molar-refractivity contribution in [3.63, 3.8) is 0 Å². The lowest BCUT2D eigenvalue weighted by Crippen LogP contribution is -1.99. The zero-order valence-electron chi connectivity index (χ0n) is 35.0. The molecule has 0 bridgehead atoms. The summed E-state index contributed by atoms with van der Waals surface area (Å²) in [4.78, 5) is 0. The molecule has 0 saturated heterocycles. The fraction of sp³-hybridized carbons (Fsp3) is 0.0312. The van der Waals surface area contributed by atoms with Gasteiger partial charge in [-0.15, -0.1) is 0 Å². The zero-order valence-corrected chi connectivity index (χ0v) is 35.0. The van der Waals surface area contributed by atoms with Gasteiger partial charge in [-0.2, -0.15) is 0 Å². The maximum Gasteiger partial charge on any atom is -0.000105 e. The van der Waals surface area contributed by atoms with E-state index >= 15 is 0 Å². The van der Waals surface area contributed by atoms with Gasteiger partial charge in [-0.25, -0.2) is 0 Å². The Morgan fingerprint density at radius 2 is 0.750 bits per heavy atom. The Kier molecular flexibility index (Phi) is 6.88. The Labute approximate surface area is 369 Å². The molecule has 1 aliphatic carbocycles. The normalized spacial score (nSPS) is 13.5. The van der Waals surface area contributed by atoms with E-state index in [1.807, 2.05) is 0 Å². The largest absolute Gasteiger partial charge is 0.0842 e. The summed E-state index contributed by atoms with van der Waals surface area (Å²) in [5.41, 5.74) is 10.5. The Morgan fingerprint density at radius 3 is 1.44 bits per heavy atom. The molecule has 0 spiro atoms. The van der Waals surface area contributed by atoms with Crippen molar-refractivity contribution in [2.24, 2.45) is 0 Å². The molecule has 0 unspecified atom stereocenters. The monoisotopic (exact) mass is 806 g/mol. The third-order valence-corrected chi connectivity index (χ3v) is 14.9. The van der Waals surface area contributed by atoms with Crippen molar-refractivity contribution in [1.82, 2.24) is 0 Å². The fourth-order valence-corrected chi connectivity index (χ4v) is 12.5. The van der Waals surface area contributed by atoms with Crippen LogP contribution in [-0.2, 0) is 0 Å². The van der Waals surface area contributed by atoms with Gasteiger partial charge in [0, 0.05) is 0 Å². The van der Waals surface area contributed by atoms with Crippen LogP contribution >= 0.6 is 0 Å². The van der Waals surface area contributed by atoms with Crippen LogP contribution < -0.4 is 0 Å². The van der Waals surface area contributed by atoms with Gasteiger partial charge in [0.2, 0.25) is 0 Å². The van der Waals surface area contributed by atoms with Gasteiger partial charge in [0.1, 0.15) is 0 Å². The highest BCUT2D eigenvalue weighted by atomic mass is 14.3. The molecule has 0 saturated carbocycles. The summed E-state index contributed by atoms with van der Waals surface area (Å²) >= 11 is 0. The van der Waals surface area contributed by atoms with E-state index < -0.39 is 0 Å². The summed E-state index contributed by atoms with van der Waals surface area (Å²) in [6.07, 6.45) is 9.06. The van der Waals surface area contributed by atoms with Crippen molar-refractivity contribution >= 4 is 113 Å². The average Bonchev–Trinajstić information content (AvgIpc) is 3.87. The minimum atomic E-state index is 0.974. The van der Waals surface area contributed by atoms with E-state index in [0.29, 0.717) is 0 Å². The van der Waals surface area contributed by atoms with Gasteiger partial charge in [0.05, 0.1) is 0 Å². The van der Waals surface area contributed by atoms with E-state index in [0.717, 1.165) is 12.8 Å². The van der Waals surface area contributed by atoms with Gasteiger partial charge >= 0.3 is 0 Å². The molecule has 1 aliphatic rings. The SMILES string of the molecule is C1=CCCC(c2c3c(-c4ccccc4)c4c5cc6cccc7ccc8ccc(c4c(-c4ccccc4)c3c(-c3ccccc3)c3c4cc9ccccc9c9cccc(c23)c94)c5c8c76)=C1. The van der Waals surface area contributed by atoms with Crippen molar-refractivity contribution in [3.05, 3.63) is 212 Å². The Morgan fingerprint density at radius 1 is 0.266 bits per heavy atom. The smallest absolute Gasteiger partial charge is 0.000105 e. The molecule has 14 aromatic carbocycles. The lowest BCUT2D eigenvalue weighted by molar-refractivity contribution is 1.06.